The van der Waals surface area contributed by atoms with Crippen LogP contribution in [0, 0.1) is 0 Å². The molecule has 3 N–H and O–H groups in total. The zero-order valence-electron chi connectivity index (χ0n) is 21.5. The molecule has 0 bridgehead atoms. The average molecular weight is 454 g/mol. The van der Waals surface area contributed by atoms with Gasteiger partial charge in [-0.25, -0.2) is 0 Å². The Bertz CT molecular complexity index is 425. The number of carbonyl (C=O) groups excluding carboxylic acids is 1. The van der Waals surface area contributed by atoms with E-state index >= 15 is 0 Å². The first-order chi connectivity index (χ1) is 15.7. The number of hydrogen-bond donors (Lipinski definition) is 3. The van der Waals surface area contributed by atoms with Crippen LogP contribution in [-0.2, 0) is 4.79 Å². The topological polar surface area (TPSA) is 69.6 Å². The quantitative estimate of drug-likeness (QED) is 0.107. The maximum atomic E-state index is 12.1. The first kappa shape index (κ1) is 31.1. The molecule has 0 heterocycles. The van der Waals surface area contributed by atoms with Gasteiger partial charge in [0.05, 0.1) is 18.8 Å². The Labute approximate surface area is 199 Å². The van der Waals surface area contributed by atoms with E-state index in [9.17, 15) is 15.0 Å². The van der Waals surface area contributed by atoms with E-state index in [0.29, 0.717) is 6.42 Å². The largest absolute Gasteiger partial charge is 0.394 e. The van der Waals surface area contributed by atoms with E-state index in [2.05, 4.69) is 19.2 Å². The van der Waals surface area contributed by atoms with Gasteiger partial charge >= 0.3 is 0 Å². The molecule has 1 amide bonds. The average Bonchev–Trinajstić information content (AvgIpc) is 2.79. The minimum absolute atomic E-state index is 0.0737. The maximum absolute atomic E-state index is 12.1. The Kier molecular flexibility index (Phi) is 24.1. The van der Waals surface area contributed by atoms with Crippen LogP contribution in [-0.4, -0.2) is 34.9 Å². The molecular weight excluding hydrogens is 398 g/mol. The molecule has 4 nitrogen and oxygen atoms in total. The van der Waals surface area contributed by atoms with Crippen molar-refractivity contribution in [3.63, 3.8) is 0 Å². The molecule has 190 valence electrons. The summed E-state index contributed by atoms with van der Waals surface area (Å²) in [5.41, 5.74) is 0. The zero-order chi connectivity index (χ0) is 23.7. The number of allylic oxidation sites excluding steroid dienone is 1. The van der Waals surface area contributed by atoms with E-state index in [1.54, 1.807) is 6.08 Å². The molecule has 2 atom stereocenters. The fourth-order valence-corrected chi connectivity index (χ4v) is 4.06. The van der Waals surface area contributed by atoms with Crippen molar-refractivity contribution < 1.29 is 15.0 Å². The van der Waals surface area contributed by atoms with Gasteiger partial charge in [-0.1, -0.05) is 129 Å². The van der Waals surface area contributed by atoms with Crippen LogP contribution in [0.25, 0.3) is 0 Å². The van der Waals surface area contributed by atoms with E-state index in [1.165, 1.54) is 96.3 Å². The smallest absolute Gasteiger partial charge is 0.220 e. The van der Waals surface area contributed by atoms with Crippen LogP contribution in [0.5, 0.6) is 0 Å². The molecule has 0 aliphatic rings. The standard InChI is InChI=1S/C28H55NO3/c1-3-5-7-9-11-12-13-14-15-16-18-19-21-23-27(31)26(25-30)29-28(32)24-22-20-17-10-8-6-4-2/h21,23,26-27,30-31H,3-20,22,24-25H2,1-2H3,(H,29,32)/t26-,27+/m0/s1. The van der Waals surface area contributed by atoms with Crippen LogP contribution in [0.2, 0.25) is 0 Å². The van der Waals surface area contributed by atoms with Crippen molar-refractivity contribution in [3.05, 3.63) is 12.2 Å². The van der Waals surface area contributed by atoms with Gasteiger partial charge in [0.2, 0.25) is 5.91 Å². The second-order valence-corrected chi connectivity index (χ2v) is 9.47. The summed E-state index contributed by atoms with van der Waals surface area (Å²) in [5.74, 6) is -0.0737. The predicted molar refractivity (Wildman–Crippen MR) is 138 cm³/mol. The van der Waals surface area contributed by atoms with Crippen LogP contribution in [0.1, 0.15) is 142 Å². The molecule has 0 unspecified atom stereocenters. The Morgan fingerprint density at radius 3 is 1.62 bits per heavy atom. The summed E-state index contributed by atoms with van der Waals surface area (Å²) in [6.45, 7) is 4.23. The summed E-state index contributed by atoms with van der Waals surface area (Å²) >= 11 is 0. The number of amides is 1. The Morgan fingerprint density at radius 1 is 0.719 bits per heavy atom. The third-order valence-electron chi connectivity index (χ3n) is 6.27. The highest BCUT2D eigenvalue weighted by molar-refractivity contribution is 5.76. The van der Waals surface area contributed by atoms with Gasteiger partial charge in [-0.15, -0.1) is 0 Å². The summed E-state index contributed by atoms with van der Waals surface area (Å²) in [6, 6.07) is -0.611. The number of aliphatic hydroxyl groups is 2. The maximum Gasteiger partial charge on any atom is 0.220 e. The summed E-state index contributed by atoms with van der Waals surface area (Å²) in [5, 5.41) is 22.6. The van der Waals surface area contributed by atoms with E-state index < -0.39 is 12.1 Å². The SMILES string of the molecule is CCCCCCCCCCCCCC=C[C@@H](O)[C@H](CO)NC(=O)CCCCCCCCC. The third-order valence-corrected chi connectivity index (χ3v) is 6.27. The molecule has 0 aliphatic carbocycles. The molecule has 32 heavy (non-hydrogen) atoms. The first-order valence-corrected chi connectivity index (χ1v) is 13.9. The molecule has 0 radical (unpaired) electrons. The number of nitrogens with one attached hydrogen (secondary N) is 1. The lowest BCUT2D eigenvalue weighted by molar-refractivity contribution is -0.123. The van der Waals surface area contributed by atoms with Gasteiger partial charge in [0.15, 0.2) is 0 Å². The lowest BCUT2D eigenvalue weighted by Gasteiger charge is -2.20. The van der Waals surface area contributed by atoms with Crippen molar-refractivity contribution in [1.82, 2.24) is 5.32 Å². The molecular formula is C28H55NO3. The predicted octanol–water partition coefficient (Wildman–Crippen LogP) is 7.22. The third kappa shape index (κ3) is 21.0. The van der Waals surface area contributed by atoms with Crippen molar-refractivity contribution >= 4 is 5.91 Å². The van der Waals surface area contributed by atoms with Crippen LogP contribution < -0.4 is 5.32 Å². The molecule has 0 aromatic rings. The van der Waals surface area contributed by atoms with Crippen LogP contribution >= 0.6 is 0 Å². The molecule has 0 aromatic carbocycles. The monoisotopic (exact) mass is 453 g/mol. The Hall–Kier alpha value is -0.870. The second-order valence-electron chi connectivity index (χ2n) is 9.47. The number of aliphatic hydroxyl groups excluding tert-OH is 2. The molecule has 0 rings (SSSR count). The van der Waals surface area contributed by atoms with Crippen molar-refractivity contribution in [1.29, 1.82) is 0 Å². The van der Waals surface area contributed by atoms with E-state index in [-0.39, 0.29) is 12.5 Å². The summed E-state index contributed by atoms with van der Waals surface area (Å²) < 4.78 is 0. The van der Waals surface area contributed by atoms with E-state index in [1.807, 2.05) is 6.08 Å². The zero-order valence-corrected chi connectivity index (χ0v) is 21.5. The summed E-state index contributed by atoms with van der Waals surface area (Å²) in [6.07, 6.45) is 27.1. The highest BCUT2D eigenvalue weighted by Crippen LogP contribution is 2.12. The number of rotatable bonds is 24. The van der Waals surface area contributed by atoms with Crippen molar-refractivity contribution in [2.45, 2.75) is 154 Å². The normalized spacial score (nSPS) is 13.5. The number of hydrogen-bond acceptors (Lipinski definition) is 3. The van der Waals surface area contributed by atoms with E-state index in [0.717, 1.165) is 25.7 Å². The van der Waals surface area contributed by atoms with Gasteiger partial charge in [0.1, 0.15) is 0 Å². The minimum atomic E-state index is -0.828. The second kappa shape index (κ2) is 24.8. The van der Waals surface area contributed by atoms with Gasteiger partial charge in [-0.05, 0) is 19.3 Å². The lowest BCUT2D eigenvalue weighted by Crippen LogP contribution is -2.45. The van der Waals surface area contributed by atoms with Crippen molar-refractivity contribution in [2.75, 3.05) is 6.61 Å². The van der Waals surface area contributed by atoms with Crippen LogP contribution in [0.15, 0.2) is 12.2 Å². The first-order valence-electron chi connectivity index (χ1n) is 13.9. The van der Waals surface area contributed by atoms with Crippen LogP contribution in [0.4, 0.5) is 0 Å². The molecule has 0 aliphatic heterocycles. The lowest BCUT2D eigenvalue weighted by atomic mass is 10.0. The fourth-order valence-electron chi connectivity index (χ4n) is 4.06. The molecule has 0 saturated heterocycles. The molecule has 0 fully saturated rings. The van der Waals surface area contributed by atoms with E-state index in [4.69, 9.17) is 0 Å². The highest BCUT2D eigenvalue weighted by atomic mass is 16.3. The molecule has 4 heteroatoms. The Balaban J connectivity index is 3.70. The van der Waals surface area contributed by atoms with Gasteiger partial charge in [0.25, 0.3) is 0 Å². The Morgan fingerprint density at radius 2 is 1.16 bits per heavy atom. The summed E-state index contributed by atoms with van der Waals surface area (Å²) in [4.78, 5) is 12.1. The van der Waals surface area contributed by atoms with Crippen molar-refractivity contribution in [3.8, 4) is 0 Å². The van der Waals surface area contributed by atoms with Crippen molar-refractivity contribution in [2.24, 2.45) is 0 Å². The number of carbonyl (C=O) groups is 1. The van der Waals surface area contributed by atoms with Gasteiger partial charge in [-0.2, -0.15) is 0 Å². The minimum Gasteiger partial charge on any atom is -0.394 e. The van der Waals surface area contributed by atoms with Crippen LogP contribution in [0.3, 0.4) is 0 Å². The molecule has 0 saturated carbocycles. The number of unbranched alkanes of at least 4 members (excludes halogenated alkanes) is 17. The fraction of sp³-hybridized carbons (Fsp3) is 0.893. The van der Waals surface area contributed by atoms with Gasteiger partial charge in [0, 0.05) is 6.42 Å². The molecule has 0 aromatic heterocycles. The van der Waals surface area contributed by atoms with Gasteiger partial charge < -0.3 is 15.5 Å². The molecule has 0 spiro atoms. The highest BCUT2D eigenvalue weighted by Gasteiger charge is 2.17. The van der Waals surface area contributed by atoms with Gasteiger partial charge in [-0.3, -0.25) is 4.79 Å². The summed E-state index contributed by atoms with van der Waals surface area (Å²) in [7, 11) is 0.